The van der Waals surface area contributed by atoms with Crippen molar-refractivity contribution in [2.75, 3.05) is 6.54 Å². The van der Waals surface area contributed by atoms with Gasteiger partial charge in [0.2, 0.25) is 0 Å². The predicted molar refractivity (Wildman–Crippen MR) is 88.6 cm³/mol. The molecule has 0 spiro atoms. The zero-order chi connectivity index (χ0) is 15.2. The molecular weight excluding hydrogens is 258 g/mol. The molecule has 1 heterocycles. The van der Waals surface area contributed by atoms with Crippen LogP contribution in [0.5, 0.6) is 0 Å². The van der Waals surface area contributed by atoms with Crippen LogP contribution in [0.25, 0.3) is 0 Å². The fourth-order valence-corrected chi connectivity index (χ4v) is 2.74. The molecule has 0 amide bonds. The quantitative estimate of drug-likeness (QED) is 0.840. The fourth-order valence-electron chi connectivity index (χ4n) is 2.74. The molecule has 3 heteroatoms. The minimum atomic E-state index is 0.217. The van der Waals surface area contributed by atoms with Crippen LogP contribution in [-0.4, -0.2) is 16.3 Å². The number of benzene rings is 1. The number of rotatable bonds is 7. The van der Waals surface area contributed by atoms with E-state index < -0.39 is 0 Å². The maximum atomic E-state index is 4.70. The van der Waals surface area contributed by atoms with Crippen molar-refractivity contribution in [3.8, 4) is 0 Å². The Morgan fingerprint density at radius 1 is 1.10 bits per heavy atom. The molecular formula is C18H27N3. The van der Waals surface area contributed by atoms with Crippen LogP contribution in [-0.2, 0) is 19.4 Å². The van der Waals surface area contributed by atoms with Crippen molar-refractivity contribution in [3.05, 3.63) is 52.8 Å². The second-order valence-electron chi connectivity index (χ2n) is 5.32. The lowest BCUT2D eigenvalue weighted by atomic mass is 9.99. The average Bonchev–Trinajstić information content (AvgIpc) is 2.95. The molecule has 2 rings (SSSR count). The summed E-state index contributed by atoms with van der Waals surface area (Å²) in [7, 11) is 0. The van der Waals surface area contributed by atoms with Gasteiger partial charge in [0.25, 0.3) is 0 Å². The molecule has 0 aliphatic heterocycles. The fraction of sp³-hybridized carbons (Fsp3) is 0.500. The summed E-state index contributed by atoms with van der Waals surface area (Å²) in [6.07, 6.45) is 2.05. The zero-order valence-corrected chi connectivity index (χ0v) is 13.7. The van der Waals surface area contributed by atoms with Crippen molar-refractivity contribution in [3.63, 3.8) is 0 Å². The molecule has 114 valence electrons. The standard InChI is InChI=1S/C18H27N3/c1-5-14-10-9-11-15(12-14)18(19-7-3)17-13-16(6-2)20-21(17)8-4/h9-13,18-19H,5-8H2,1-4H3. The van der Waals surface area contributed by atoms with E-state index in [1.807, 2.05) is 0 Å². The van der Waals surface area contributed by atoms with Crippen molar-refractivity contribution in [1.29, 1.82) is 0 Å². The predicted octanol–water partition coefficient (Wildman–Crippen LogP) is 3.73. The molecule has 1 aromatic heterocycles. The Morgan fingerprint density at radius 2 is 1.90 bits per heavy atom. The average molecular weight is 285 g/mol. The van der Waals surface area contributed by atoms with Gasteiger partial charge in [-0.25, -0.2) is 0 Å². The molecule has 0 bridgehead atoms. The third kappa shape index (κ3) is 3.53. The summed E-state index contributed by atoms with van der Waals surface area (Å²) in [5.74, 6) is 0. The summed E-state index contributed by atoms with van der Waals surface area (Å²) < 4.78 is 2.13. The molecule has 0 aliphatic rings. The lowest BCUT2D eigenvalue weighted by Gasteiger charge is -2.20. The van der Waals surface area contributed by atoms with Gasteiger partial charge in [-0.15, -0.1) is 0 Å². The van der Waals surface area contributed by atoms with Crippen molar-refractivity contribution < 1.29 is 0 Å². The number of aromatic nitrogens is 2. The summed E-state index contributed by atoms with van der Waals surface area (Å²) in [5, 5.41) is 8.31. The highest BCUT2D eigenvalue weighted by molar-refractivity contribution is 5.32. The molecule has 0 saturated heterocycles. The van der Waals surface area contributed by atoms with E-state index in [0.29, 0.717) is 0 Å². The second kappa shape index (κ2) is 7.41. The number of nitrogens with zero attached hydrogens (tertiary/aromatic N) is 2. The SMILES string of the molecule is CCNC(c1cccc(CC)c1)c1cc(CC)nn1CC. The minimum Gasteiger partial charge on any atom is -0.305 e. The highest BCUT2D eigenvalue weighted by Crippen LogP contribution is 2.24. The maximum Gasteiger partial charge on any atom is 0.0748 e. The molecule has 0 aliphatic carbocycles. The molecule has 0 fully saturated rings. The normalized spacial score (nSPS) is 12.6. The molecule has 3 nitrogen and oxygen atoms in total. The van der Waals surface area contributed by atoms with E-state index in [-0.39, 0.29) is 6.04 Å². The maximum absolute atomic E-state index is 4.70. The Bertz CT molecular complexity index is 572. The van der Waals surface area contributed by atoms with E-state index in [0.717, 1.165) is 25.9 Å². The van der Waals surface area contributed by atoms with Crippen LogP contribution < -0.4 is 5.32 Å². The molecule has 0 saturated carbocycles. The molecule has 0 radical (unpaired) electrons. The Morgan fingerprint density at radius 3 is 2.52 bits per heavy atom. The highest BCUT2D eigenvalue weighted by Gasteiger charge is 2.18. The van der Waals surface area contributed by atoms with Crippen LogP contribution in [0.2, 0.25) is 0 Å². The van der Waals surface area contributed by atoms with Crippen LogP contribution in [0, 0.1) is 0 Å². The second-order valence-corrected chi connectivity index (χ2v) is 5.32. The van der Waals surface area contributed by atoms with Crippen molar-refractivity contribution in [2.45, 2.75) is 53.1 Å². The first-order valence-electron chi connectivity index (χ1n) is 8.12. The summed E-state index contributed by atoms with van der Waals surface area (Å²) in [5.41, 5.74) is 5.15. The molecule has 1 atom stereocenters. The van der Waals surface area contributed by atoms with Gasteiger partial charge in [0.05, 0.1) is 17.4 Å². The molecule has 21 heavy (non-hydrogen) atoms. The molecule has 2 aromatic rings. The first kappa shape index (κ1) is 15.8. The van der Waals surface area contributed by atoms with Gasteiger partial charge in [-0.1, -0.05) is 45.0 Å². The summed E-state index contributed by atoms with van der Waals surface area (Å²) >= 11 is 0. The van der Waals surface area contributed by atoms with Crippen molar-refractivity contribution in [1.82, 2.24) is 15.1 Å². The smallest absolute Gasteiger partial charge is 0.0748 e. The third-order valence-corrected chi connectivity index (χ3v) is 3.92. The summed E-state index contributed by atoms with van der Waals surface area (Å²) in [4.78, 5) is 0. The van der Waals surface area contributed by atoms with Crippen LogP contribution in [0.15, 0.2) is 30.3 Å². The van der Waals surface area contributed by atoms with E-state index in [1.54, 1.807) is 0 Å². The van der Waals surface area contributed by atoms with Crippen LogP contribution >= 0.6 is 0 Å². The topological polar surface area (TPSA) is 29.9 Å². The van der Waals surface area contributed by atoms with Crippen molar-refractivity contribution >= 4 is 0 Å². The summed E-state index contributed by atoms with van der Waals surface area (Å²) in [6, 6.07) is 11.3. The number of hydrogen-bond donors (Lipinski definition) is 1. The number of hydrogen-bond acceptors (Lipinski definition) is 2. The lowest BCUT2D eigenvalue weighted by molar-refractivity contribution is 0.540. The van der Waals surface area contributed by atoms with Crippen LogP contribution in [0.3, 0.4) is 0 Å². The van der Waals surface area contributed by atoms with Gasteiger partial charge >= 0.3 is 0 Å². The van der Waals surface area contributed by atoms with Gasteiger partial charge in [0, 0.05) is 6.54 Å². The van der Waals surface area contributed by atoms with E-state index >= 15 is 0 Å². The lowest BCUT2D eigenvalue weighted by Crippen LogP contribution is -2.24. The van der Waals surface area contributed by atoms with E-state index in [2.05, 4.69) is 68.0 Å². The van der Waals surface area contributed by atoms with Crippen molar-refractivity contribution in [2.24, 2.45) is 0 Å². The third-order valence-electron chi connectivity index (χ3n) is 3.92. The molecule has 1 aromatic carbocycles. The molecule has 1 unspecified atom stereocenters. The van der Waals surface area contributed by atoms with Gasteiger partial charge in [-0.2, -0.15) is 5.10 Å². The Kier molecular flexibility index (Phi) is 5.57. The minimum absolute atomic E-state index is 0.217. The van der Waals surface area contributed by atoms with Gasteiger partial charge in [0.1, 0.15) is 0 Å². The Balaban J connectivity index is 2.44. The van der Waals surface area contributed by atoms with E-state index in [9.17, 15) is 0 Å². The number of nitrogens with one attached hydrogen (secondary N) is 1. The number of aryl methyl sites for hydroxylation is 3. The van der Waals surface area contributed by atoms with E-state index in [1.165, 1.54) is 22.5 Å². The highest BCUT2D eigenvalue weighted by atomic mass is 15.3. The Labute approximate surface area is 128 Å². The largest absolute Gasteiger partial charge is 0.305 e. The van der Waals surface area contributed by atoms with Gasteiger partial charge in [-0.05, 0) is 43.5 Å². The van der Waals surface area contributed by atoms with Gasteiger partial charge in [-0.3, -0.25) is 4.68 Å². The van der Waals surface area contributed by atoms with Crippen LogP contribution in [0.1, 0.15) is 56.3 Å². The Hall–Kier alpha value is -1.61. The monoisotopic (exact) mass is 285 g/mol. The van der Waals surface area contributed by atoms with Crippen LogP contribution in [0.4, 0.5) is 0 Å². The van der Waals surface area contributed by atoms with Gasteiger partial charge in [0.15, 0.2) is 0 Å². The van der Waals surface area contributed by atoms with Gasteiger partial charge < -0.3 is 5.32 Å². The first-order chi connectivity index (χ1) is 10.2. The zero-order valence-electron chi connectivity index (χ0n) is 13.7. The first-order valence-corrected chi connectivity index (χ1v) is 8.12. The summed E-state index contributed by atoms with van der Waals surface area (Å²) in [6.45, 7) is 10.5. The van der Waals surface area contributed by atoms with E-state index in [4.69, 9.17) is 5.10 Å². The molecule has 1 N–H and O–H groups in total.